The Bertz CT molecular complexity index is 492. The lowest BCUT2D eigenvalue weighted by Crippen LogP contribution is -2.10. The van der Waals surface area contributed by atoms with Crippen LogP contribution in [0.2, 0.25) is 0 Å². The molecule has 2 aromatic heterocycles. The monoisotopic (exact) mass is 302 g/mol. The van der Waals surface area contributed by atoms with Crippen molar-refractivity contribution in [2.45, 2.75) is 6.92 Å². The molecule has 0 aromatic carbocycles. The summed E-state index contributed by atoms with van der Waals surface area (Å²) in [5, 5.41) is 5.27. The number of nitrogens with zero attached hydrogens (tertiary/aromatic N) is 1. The number of anilines is 1. The van der Waals surface area contributed by atoms with Crippen molar-refractivity contribution in [3.05, 3.63) is 31.9 Å². The van der Waals surface area contributed by atoms with Crippen molar-refractivity contribution in [1.29, 1.82) is 0 Å². The summed E-state index contributed by atoms with van der Waals surface area (Å²) >= 11 is 6.13. The van der Waals surface area contributed by atoms with Crippen molar-refractivity contribution in [3.8, 4) is 0 Å². The van der Waals surface area contributed by atoms with Gasteiger partial charge >= 0.3 is 0 Å². The van der Waals surface area contributed by atoms with E-state index in [2.05, 4.69) is 26.2 Å². The van der Waals surface area contributed by atoms with Crippen molar-refractivity contribution in [1.82, 2.24) is 4.98 Å². The summed E-state index contributed by atoms with van der Waals surface area (Å²) in [5.41, 5.74) is 0.994. The predicted molar refractivity (Wildman–Crippen MR) is 66.8 cm³/mol. The topological polar surface area (TPSA) is 42.0 Å². The number of halogens is 1. The minimum absolute atomic E-state index is 0.0932. The minimum atomic E-state index is -0.0932. The molecule has 0 bridgehead atoms. The average molecular weight is 303 g/mol. The molecule has 0 spiro atoms. The van der Waals surface area contributed by atoms with Gasteiger partial charge in [-0.2, -0.15) is 0 Å². The van der Waals surface area contributed by atoms with Crippen LogP contribution in [0.1, 0.15) is 15.2 Å². The fourth-order valence-electron chi connectivity index (χ4n) is 1.07. The Morgan fingerprint density at radius 3 is 2.93 bits per heavy atom. The lowest BCUT2D eigenvalue weighted by Gasteiger charge is -1.99. The molecule has 2 aromatic rings. The lowest BCUT2D eigenvalue weighted by molar-refractivity contribution is 0.103. The predicted octanol–water partition coefficient (Wildman–Crippen LogP) is 3.53. The zero-order chi connectivity index (χ0) is 10.8. The highest BCUT2D eigenvalue weighted by Crippen LogP contribution is 2.24. The van der Waals surface area contributed by atoms with E-state index < -0.39 is 0 Å². The summed E-state index contributed by atoms with van der Waals surface area (Å²) in [6.07, 6.45) is 1.67. The molecule has 0 saturated heterocycles. The lowest BCUT2D eigenvalue weighted by atomic mass is 10.3. The van der Waals surface area contributed by atoms with Crippen LogP contribution >= 0.6 is 38.6 Å². The molecule has 1 N–H and O–H groups in total. The van der Waals surface area contributed by atoms with Gasteiger partial charge in [0.1, 0.15) is 0 Å². The van der Waals surface area contributed by atoms with E-state index in [-0.39, 0.29) is 5.91 Å². The van der Waals surface area contributed by atoms with Gasteiger partial charge in [-0.05, 0) is 39.9 Å². The van der Waals surface area contributed by atoms with Gasteiger partial charge in [-0.15, -0.1) is 11.3 Å². The molecule has 1 amide bonds. The molecule has 78 valence electrons. The van der Waals surface area contributed by atoms with Gasteiger partial charge in [0.15, 0.2) is 5.13 Å². The SMILES string of the molecule is Cc1ccsc1C(=O)Nc1ncc(Br)s1. The number of hydrogen-bond acceptors (Lipinski definition) is 4. The first-order valence-electron chi connectivity index (χ1n) is 4.13. The van der Waals surface area contributed by atoms with E-state index in [1.54, 1.807) is 6.20 Å². The number of thiophene rings is 1. The summed E-state index contributed by atoms with van der Waals surface area (Å²) in [4.78, 5) is 16.5. The van der Waals surface area contributed by atoms with Gasteiger partial charge in [0.2, 0.25) is 0 Å². The van der Waals surface area contributed by atoms with Gasteiger partial charge in [0, 0.05) is 0 Å². The number of thiazole rings is 1. The van der Waals surface area contributed by atoms with Crippen LogP contribution in [0, 0.1) is 6.92 Å². The Labute approximate surface area is 103 Å². The number of carbonyl (C=O) groups excluding carboxylic acids is 1. The molecular weight excluding hydrogens is 296 g/mol. The van der Waals surface area contributed by atoms with E-state index in [9.17, 15) is 4.79 Å². The molecule has 0 radical (unpaired) electrons. The minimum Gasteiger partial charge on any atom is -0.297 e. The smallest absolute Gasteiger partial charge is 0.267 e. The fourth-order valence-corrected chi connectivity index (χ4v) is 2.99. The standard InChI is InChI=1S/C9H7BrN2OS2/c1-5-2-3-14-7(5)8(13)12-9-11-4-6(10)15-9/h2-4H,1H3,(H,11,12,13). The Balaban J connectivity index is 2.14. The number of aromatic nitrogens is 1. The number of nitrogens with one attached hydrogen (secondary N) is 1. The van der Waals surface area contributed by atoms with E-state index in [0.717, 1.165) is 14.2 Å². The van der Waals surface area contributed by atoms with Gasteiger partial charge < -0.3 is 0 Å². The third kappa shape index (κ3) is 2.45. The molecule has 2 heterocycles. The zero-order valence-electron chi connectivity index (χ0n) is 7.78. The highest BCUT2D eigenvalue weighted by atomic mass is 79.9. The van der Waals surface area contributed by atoms with Gasteiger partial charge in [-0.25, -0.2) is 4.98 Å². The van der Waals surface area contributed by atoms with Crippen molar-refractivity contribution in [2.24, 2.45) is 0 Å². The fraction of sp³-hybridized carbons (Fsp3) is 0.111. The van der Waals surface area contributed by atoms with Crippen molar-refractivity contribution in [2.75, 3.05) is 5.32 Å². The molecule has 0 saturated carbocycles. The van der Waals surface area contributed by atoms with E-state index in [0.29, 0.717) is 5.13 Å². The molecule has 0 aliphatic rings. The van der Waals surface area contributed by atoms with Crippen molar-refractivity contribution < 1.29 is 4.79 Å². The second-order valence-electron chi connectivity index (χ2n) is 2.86. The molecule has 0 aliphatic carbocycles. The zero-order valence-corrected chi connectivity index (χ0v) is 11.0. The van der Waals surface area contributed by atoms with Crippen molar-refractivity contribution >= 4 is 49.6 Å². The highest BCUT2D eigenvalue weighted by molar-refractivity contribution is 9.11. The molecule has 2 rings (SSSR count). The first-order valence-corrected chi connectivity index (χ1v) is 6.62. The maximum Gasteiger partial charge on any atom is 0.267 e. The molecular formula is C9H7BrN2OS2. The van der Waals surface area contributed by atoms with Crippen LogP contribution in [0.4, 0.5) is 5.13 Å². The van der Waals surface area contributed by atoms with Gasteiger partial charge in [-0.3, -0.25) is 10.1 Å². The van der Waals surface area contributed by atoms with E-state index in [1.807, 2.05) is 18.4 Å². The van der Waals surface area contributed by atoms with Crippen LogP contribution in [0.5, 0.6) is 0 Å². The molecule has 0 atom stereocenters. The quantitative estimate of drug-likeness (QED) is 0.922. The summed E-state index contributed by atoms with van der Waals surface area (Å²) in [6, 6.07) is 1.93. The normalized spacial score (nSPS) is 10.3. The maximum absolute atomic E-state index is 11.8. The molecule has 15 heavy (non-hydrogen) atoms. The first kappa shape index (κ1) is 10.8. The summed E-state index contributed by atoms with van der Waals surface area (Å²) < 4.78 is 0.903. The second kappa shape index (κ2) is 4.42. The Kier molecular flexibility index (Phi) is 3.18. The van der Waals surface area contributed by atoms with Crippen LogP contribution in [0.15, 0.2) is 21.4 Å². The van der Waals surface area contributed by atoms with E-state index >= 15 is 0 Å². The molecule has 0 unspecified atom stereocenters. The number of amides is 1. The Morgan fingerprint density at radius 1 is 1.60 bits per heavy atom. The van der Waals surface area contributed by atoms with Crippen LogP contribution in [0.3, 0.4) is 0 Å². The Morgan fingerprint density at radius 2 is 2.40 bits per heavy atom. The number of carbonyl (C=O) groups is 1. The third-order valence-corrected chi connectivity index (χ3v) is 4.17. The molecule has 0 fully saturated rings. The first-order chi connectivity index (χ1) is 7.16. The Hall–Kier alpha value is -0.720. The second-order valence-corrected chi connectivity index (χ2v) is 6.18. The number of rotatable bonds is 2. The maximum atomic E-state index is 11.8. The van der Waals surface area contributed by atoms with Gasteiger partial charge in [0.25, 0.3) is 5.91 Å². The summed E-state index contributed by atoms with van der Waals surface area (Å²) in [6.45, 7) is 1.92. The van der Waals surface area contributed by atoms with Crippen LogP contribution in [0.25, 0.3) is 0 Å². The largest absolute Gasteiger partial charge is 0.297 e. The summed E-state index contributed by atoms with van der Waals surface area (Å²) in [5.74, 6) is -0.0932. The number of hydrogen-bond donors (Lipinski definition) is 1. The number of aryl methyl sites for hydroxylation is 1. The van der Waals surface area contributed by atoms with E-state index in [4.69, 9.17) is 0 Å². The highest BCUT2D eigenvalue weighted by Gasteiger charge is 2.11. The van der Waals surface area contributed by atoms with Gasteiger partial charge in [0.05, 0.1) is 14.9 Å². The van der Waals surface area contributed by atoms with Crippen LogP contribution in [-0.4, -0.2) is 10.9 Å². The van der Waals surface area contributed by atoms with Crippen molar-refractivity contribution in [3.63, 3.8) is 0 Å². The van der Waals surface area contributed by atoms with E-state index in [1.165, 1.54) is 22.7 Å². The molecule has 6 heteroatoms. The summed E-state index contributed by atoms with van der Waals surface area (Å²) in [7, 11) is 0. The van der Waals surface area contributed by atoms with Gasteiger partial charge in [-0.1, -0.05) is 11.3 Å². The molecule has 3 nitrogen and oxygen atoms in total. The van der Waals surface area contributed by atoms with Crippen LogP contribution in [-0.2, 0) is 0 Å². The molecule has 0 aliphatic heterocycles. The third-order valence-electron chi connectivity index (χ3n) is 1.77. The average Bonchev–Trinajstić information content (AvgIpc) is 2.75. The van der Waals surface area contributed by atoms with Crippen LogP contribution < -0.4 is 5.32 Å².